The molecule has 0 aliphatic carbocycles. The van der Waals surface area contributed by atoms with Gasteiger partial charge < -0.3 is 15.0 Å². The molecular formula is C18H21F3N2O3S. The van der Waals surface area contributed by atoms with Crippen LogP contribution in [0.1, 0.15) is 11.6 Å². The molecule has 2 aromatic carbocycles. The van der Waals surface area contributed by atoms with Gasteiger partial charge in [-0.3, -0.25) is 0 Å². The maximum atomic E-state index is 12.9. The van der Waals surface area contributed by atoms with Crippen LogP contribution in [0.15, 0.2) is 53.4 Å². The van der Waals surface area contributed by atoms with E-state index in [1.165, 1.54) is 18.2 Å². The molecule has 2 rings (SSSR count). The van der Waals surface area contributed by atoms with Gasteiger partial charge in [0.05, 0.1) is 23.7 Å². The van der Waals surface area contributed by atoms with Gasteiger partial charge in [0.25, 0.3) is 9.84 Å². The van der Waals surface area contributed by atoms with Crippen molar-refractivity contribution in [2.75, 3.05) is 33.1 Å². The number of nitrogens with zero attached hydrogens (tertiary/aromatic N) is 1. The first-order valence-corrected chi connectivity index (χ1v) is 9.51. The van der Waals surface area contributed by atoms with Crippen molar-refractivity contribution in [3.8, 4) is 5.75 Å². The Labute approximate surface area is 156 Å². The fraction of sp³-hybridized carbons (Fsp3) is 0.333. The summed E-state index contributed by atoms with van der Waals surface area (Å²) in [6.07, 6.45) is 0. The van der Waals surface area contributed by atoms with Gasteiger partial charge in [-0.25, -0.2) is 8.42 Å². The predicted molar refractivity (Wildman–Crippen MR) is 97.6 cm³/mol. The molecule has 0 amide bonds. The molecule has 0 radical (unpaired) electrons. The number of anilines is 1. The lowest BCUT2D eigenvalue weighted by atomic mass is 10.1. The summed E-state index contributed by atoms with van der Waals surface area (Å²) in [6.45, 7) is 0.199. The van der Waals surface area contributed by atoms with Gasteiger partial charge in [0.1, 0.15) is 5.75 Å². The van der Waals surface area contributed by atoms with E-state index >= 15 is 0 Å². The van der Waals surface area contributed by atoms with Crippen LogP contribution in [0.5, 0.6) is 5.75 Å². The van der Waals surface area contributed by atoms with Gasteiger partial charge in [0, 0.05) is 6.54 Å². The van der Waals surface area contributed by atoms with Gasteiger partial charge in [0.2, 0.25) is 0 Å². The first kappa shape index (κ1) is 21.0. The number of para-hydroxylation sites is 1. The first-order valence-electron chi connectivity index (χ1n) is 8.02. The summed E-state index contributed by atoms with van der Waals surface area (Å²) in [5, 5.41) is 2.85. The zero-order valence-electron chi connectivity index (χ0n) is 15.1. The van der Waals surface area contributed by atoms with Gasteiger partial charge >= 0.3 is 5.51 Å². The van der Waals surface area contributed by atoms with E-state index in [-0.39, 0.29) is 18.3 Å². The van der Waals surface area contributed by atoms with Crippen LogP contribution in [0.25, 0.3) is 0 Å². The number of alkyl halides is 3. The molecule has 0 aliphatic heterocycles. The number of rotatable bonds is 7. The van der Waals surface area contributed by atoms with Gasteiger partial charge in [-0.05, 0) is 43.9 Å². The molecule has 1 unspecified atom stereocenters. The Morgan fingerprint density at radius 1 is 1.11 bits per heavy atom. The topological polar surface area (TPSA) is 58.6 Å². The normalized spacial score (nSPS) is 13.4. The van der Waals surface area contributed by atoms with E-state index in [4.69, 9.17) is 4.74 Å². The van der Waals surface area contributed by atoms with Gasteiger partial charge in [-0.1, -0.05) is 24.3 Å². The van der Waals surface area contributed by atoms with E-state index in [9.17, 15) is 21.6 Å². The van der Waals surface area contributed by atoms with Crippen molar-refractivity contribution < 1.29 is 26.3 Å². The summed E-state index contributed by atoms with van der Waals surface area (Å²) >= 11 is 0. The maximum Gasteiger partial charge on any atom is 0.501 e. The van der Waals surface area contributed by atoms with Crippen LogP contribution < -0.4 is 10.1 Å². The number of hydrogen-bond donors (Lipinski definition) is 1. The van der Waals surface area contributed by atoms with Crippen LogP contribution in [0.2, 0.25) is 0 Å². The molecule has 0 fully saturated rings. The predicted octanol–water partition coefficient (Wildman–Crippen LogP) is 3.70. The van der Waals surface area contributed by atoms with Crippen LogP contribution >= 0.6 is 0 Å². The number of ether oxygens (including phenoxy) is 1. The third-order valence-corrected chi connectivity index (χ3v) is 5.61. The number of hydrogen-bond acceptors (Lipinski definition) is 5. The molecule has 27 heavy (non-hydrogen) atoms. The molecule has 2 aromatic rings. The fourth-order valence-corrected chi connectivity index (χ4v) is 3.56. The second-order valence-corrected chi connectivity index (χ2v) is 7.99. The molecule has 0 saturated heterocycles. The van der Waals surface area contributed by atoms with Crippen molar-refractivity contribution in [3.05, 3.63) is 54.1 Å². The summed E-state index contributed by atoms with van der Waals surface area (Å²) in [5.74, 6) is 0.652. The van der Waals surface area contributed by atoms with E-state index < -0.39 is 20.2 Å². The molecule has 0 aliphatic rings. The Bertz CT molecular complexity index is 883. The minimum atomic E-state index is -5.45. The Balaban J connectivity index is 2.32. The van der Waals surface area contributed by atoms with Crippen LogP contribution in [0.3, 0.4) is 0 Å². The van der Waals surface area contributed by atoms with Crippen LogP contribution in [0, 0.1) is 0 Å². The van der Waals surface area contributed by atoms with Crippen LogP contribution in [-0.2, 0) is 9.84 Å². The lowest BCUT2D eigenvalue weighted by molar-refractivity contribution is -0.0435. The average molecular weight is 402 g/mol. The molecule has 0 aromatic heterocycles. The van der Waals surface area contributed by atoms with Crippen molar-refractivity contribution in [1.82, 2.24) is 4.90 Å². The van der Waals surface area contributed by atoms with Gasteiger partial charge in [0.15, 0.2) is 0 Å². The molecule has 5 nitrogen and oxygen atoms in total. The summed E-state index contributed by atoms with van der Waals surface area (Å²) in [7, 11) is -0.258. The average Bonchev–Trinajstić information content (AvgIpc) is 2.61. The van der Waals surface area contributed by atoms with Gasteiger partial charge in [-0.2, -0.15) is 13.2 Å². The third-order valence-electron chi connectivity index (χ3n) is 4.07. The monoisotopic (exact) mass is 402 g/mol. The molecule has 0 heterocycles. The van der Waals surface area contributed by atoms with E-state index in [2.05, 4.69) is 5.32 Å². The van der Waals surface area contributed by atoms with Crippen molar-refractivity contribution in [1.29, 1.82) is 0 Å². The van der Waals surface area contributed by atoms with E-state index in [0.717, 1.165) is 11.6 Å². The highest BCUT2D eigenvalue weighted by Crippen LogP contribution is 2.34. The number of likely N-dealkylation sites (N-methyl/N-ethyl adjacent to an activating group) is 1. The standard InChI is InChI=1S/C18H21F3N2O3S/c1-23(2)16(13-7-6-8-14(11-13)26-3)12-22-15-9-4-5-10-17(15)27(24,25)18(19,20)21/h4-11,16,22H,12H2,1-3H3. The second kappa shape index (κ2) is 8.18. The highest BCUT2D eigenvalue weighted by atomic mass is 32.2. The second-order valence-electron chi connectivity index (χ2n) is 6.08. The maximum absolute atomic E-state index is 12.9. The summed E-state index contributed by atoms with van der Waals surface area (Å²) in [5.41, 5.74) is -4.58. The van der Waals surface area contributed by atoms with Gasteiger partial charge in [-0.15, -0.1) is 0 Å². The van der Waals surface area contributed by atoms with Crippen molar-refractivity contribution in [3.63, 3.8) is 0 Å². The number of methoxy groups -OCH3 is 1. The Morgan fingerprint density at radius 2 is 1.78 bits per heavy atom. The fourth-order valence-electron chi connectivity index (χ4n) is 2.63. The first-order chi connectivity index (χ1) is 12.6. The van der Waals surface area contributed by atoms with E-state index in [1.807, 2.05) is 37.2 Å². The minimum absolute atomic E-state index is 0.0930. The molecule has 1 N–H and O–H groups in total. The molecule has 148 valence electrons. The smallest absolute Gasteiger partial charge is 0.497 e. The van der Waals surface area contributed by atoms with Crippen molar-refractivity contribution in [2.45, 2.75) is 16.4 Å². The molecule has 0 saturated carbocycles. The summed E-state index contributed by atoms with van der Waals surface area (Å²) in [4.78, 5) is 1.09. The Morgan fingerprint density at radius 3 is 2.37 bits per heavy atom. The lowest BCUT2D eigenvalue weighted by Gasteiger charge is -2.26. The van der Waals surface area contributed by atoms with Crippen molar-refractivity contribution >= 4 is 15.5 Å². The Kier molecular flexibility index (Phi) is 6.38. The van der Waals surface area contributed by atoms with E-state index in [0.29, 0.717) is 5.75 Å². The van der Waals surface area contributed by atoms with Crippen LogP contribution in [-0.4, -0.2) is 46.6 Å². The molecule has 0 spiro atoms. The number of sulfone groups is 1. The highest BCUT2D eigenvalue weighted by molar-refractivity contribution is 7.92. The number of halogens is 3. The molecule has 0 bridgehead atoms. The van der Waals surface area contributed by atoms with E-state index in [1.54, 1.807) is 13.2 Å². The zero-order chi connectivity index (χ0) is 20.2. The van der Waals surface area contributed by atoms with Crippen molar-refractivity contribution in [2.24, 2.45) is 0 Å². The summed E-state index contributed by atoms with van der Waals surface area (Å²) < 4.78 is 67.6. The SMILES string of the molecule is COc1cccc(C(CNc2ccccc2S(=O)(=O)C(F)(F)F)N(C)C)c1. The Hall–Kier alpha value is -2.26. The molecular weight excluding hydrogens is 381 g/mol. The number of benzene rings is 2. The molecule has 9 heteroatoms. The summed E-state index contributed by atoms with van der Waals surface area (Å²) in [6, 6.07) is 12.1. The highest BCUT2D eigenvalue weighted by Gasteiger charge is 2.47. The van der Waals surface area contributed by atoms with Crippen LogP contribution in [0.4, 0.5) is 18.9 Å². The quantitative estimate of drug-likeness (QED) is 0.765. The third kappa shape index (κ3) is 4.72. The largest absolute Gasteiger partial charge is 0.501 e. The zero-order valence-corrected chi connectivity index (χ0v) is 15.9. The minimum Gasteiger partial charge on any atom is -0.497 e. The lowest BCUT2D eigenvalue weighted by Crippen LogP contribution is -2.28. The number of nitrogens with one attached hydrogen (secondary N) is 1. The molecule has 1 atom stereocenters.